The second kappa shape index (κ2) is 16.8. The predicted molar refractivity (Wildman–Crippen MR) is 201 cm³/mol. The molecule has 2 aliphatic rings. The zero-order chi connectivity index (χ0) is 35.8. The summed E-state index contributed by atoms with van der Waals surface area (Å²) in [7, 11) is 4.21. The van der Waals surface area contributed by atoms with Crippen LogP contribution in [0.2, 0.25) is 0 Å². The molecule has 4 aromatic carbocycles. The molecular weight excluding hydrogens is 694 g/mol. The molecule has 0 radical (unpaired) electrons. The summed E-state index contributed by atoms with van der Waals surface area (Å²) in [6.07, 6.45) is 2.18. The smallest absolute Gasteiger partial charge is 0.255 e. The van der Waals surface area contributed by atoms with Gasteiger partial charge in [0.2, 0.25) is 0 Å². The van der Waals surface area contributed by atoms with Crippen molar-refractivity contribution in [3.8, 4) is 17.6 Å². The molecule has 50 heavy (non-hydrogen) atoms. The molecular formula is C40H44BrN5O4. The van der Waals surface area contributed by atoms with Crippen LogP contribution in [0.15, 0.2) is 77.3 Å². The quantitative estimate of drug-likeness (QED) is 0.191. The van der Waals surface area contributed by atoms with Crippen LogP contribution in [-0.2, 0) is 25.9 Å². The molecule has 260 valence electrons. The summed E-state index contributed by atoms with van der Waals surface area (Å²) >= 11 is 3.47. The van der Waals surface area contributed by atoms with E-state index in [-0.39, 0.29) is 17.9 Å². The highest BCUT2D eigenvalue weighted by atomic mass is 79.9. The van der Waals surface area contributed by atoms with E-state index in [1.54, 1.807) is 30.3 Å². The average Bonchev–Trinajstić information content (AvgIpc) is 3.09. The molecule has 0 unspecified atom stereocenters. The van der Waals surface area contributed by atoms with Crippen LogP contribution in [-0.4, -0.2) is 61.5 Å². The molecule has 10 heteroatoms. The van der Waals surface area contributed by atoms with Gasteiger partial charge in [0.1, 0.15) is 17.6 Å². The number of anilines is 2. The Balaban J connectivity index is 0.000000194. The van der Waals surface area contributed by atoms with Crippen molar-refractivity contribution in [1.82, 2.24) is 9.80 Å². The lowest BCUT2D eigenvalue weighted by atomic mass is 9.99. The summed E-state index contributed by atoms with van der Waals surface area (Å²) < 4.78 is 11.9. The van der Waals surface area contributed by atoms with Gasteiger partial charge in [-0.25, -0.2) is 0 Å². The lowest BCUT2D eigenvalue weighted by Crippen LogP contribution is -2.26. The largest absolute Gasteiger partial charge is 0.492 e. The maximum atomic E-state index is 12.5. The van der Waals surface area contributed by atoms with Crippen LogP contribution in [0.5, 0.6) is 11.5 Å². The SMILES string of the molecule is CC(C)Oc1ccc(C(=O)Nc2ccc3c(c2)CN(C)CC3)cc1Br.CCOc1ccc(C(=O)Nc2ccc3c(c2)CN(C)CC3)cc1C#N. The first-order chi connectivity index (χ1) is 24.0. The number of nitriles is 1. The number of amides is 2. The van der Waals surface area contributed by atoms with E-state index in [1.165, 1.54) is 22.3 Å². The third-order valence-corrected chi connectivity index (χ3v) is 9.17. The minimum absolute atomic E-state index is 0.0876. The molecule has 6 rings (SSSR count). The first-order valence-electron chi connectivity index (χ1n) is 16.9. The van der Waals surface area contributed by atoms with Crippen molar-refractivity contribution < 1.29 is 19.1 Å². The van der Waals surface area contributed by atoms with E-state index in [4.69, 9.17) is 9.47 Å². The summed E-state index contributed by atoms with van der Waals surface area (Å²) in [5, 5.41) is 15.1. The molecule has 2 N–H and O–H groups in total. The normalized spacial score (nSPS) is 14.0. The Morgan fingerprint density at radius 3 is 1.78 bits per heavy atom. The van der Waals surface area contributed by atoms with Crippen LogP contribution in [0.1, 0.15) is 69.3 Å². The monoisotopic (exact) mass is 737 g/mol. The van der Waals surface area contributed by atoms with Crippen molar-refractivity contribution in [2.45, 2.75) is 52.8 Å². The number of halogens is 1. The summed E-state index contributed by atoms with van der Waals surface area (Å²) in [4.78, 5) is 29.6. The summed E-state index contributed by atoms with van der Waals surface area (Å²) in [6, 6.07) is 24.6. The third-order valence-electron chi connectivity index (χ3n) is 8.55. The van der Waals surface area contributed by atoms with E-state index in [2.05, 4.69) is 74.7 Å². The minimum Gasteiger partial charge on any atom is -0.492 e. The standard InChI is InChI=1S/C20H23BrN2O2.C20H21N3O2/c1-13(2)25-19-7-5-15(11-18(19)21)20(24)22-17-6-4-14-8-9-23(3)12-16(14)10-17;1-3-25-19-7-5-15(10-16(19)12-21)20(24)22-18-6-4-14-8-9-23(2)13-17(14)11-18/h4-7,10-11,13H,8-9,12H2,1-3H3,(H,22,24);4-7,10-11H,3,8-9,13H2,1-2H3,(H,22,24). The topological polar surface area (TPSA) is 107 Å². The Bertz CT molecular complexity index is 1900. The fourth-order valence-electron chi connectivity index (χ4n) is 5.99. The zero-order valence-electron chi connectivity index (χ0n) is 29.3. The second-order valence-corrected chi connectivity index (χ2v) is 13.8. The van der Waals surface area contributed by atoms with Gasteiger partial charge in [-0.15, -0.1) is 0 Å². The number of carbonyl (C=O) groups excluding carboxylic acids is 2. The zero-order valence-corrected chi connectivity index (χ0v) is 30.9. The summed E-state index contributed by atoms with van der Waals surface area (Å²) in [6.45, 7) is 10.2. The van der Waals surface area contributed by atoms with Gasteiger partial charge in [-0.05, 0) is 147 Å². The number of nitrogens with zero attached hydrogens (tertiary/aromatic N) is 3. The van der Waals surface area contributed by atoms with Gasteiger partial charge in [0.05, 0.1) is 22.7 Å². The summed E-state index contributed by atoms with van der Waals surface area (Å²) in [5.74, 6) is 0.881. The van der Waals surface area contributed by atoms with E-state index in [9.17, 15) is 14.9 Å². The van der Waals surface area contributed by atoms with Crippen LogP contribution in [0, 0.1) is 11.3 Å². The average molecular weight is 739 g/mol. The van der Waals surface area contributed by atoms with Gasteiger partial charge in [0.25, 0.3) is 11.8 Å². The van der Waals surface area contributed by atoms with Gasteiger partial charge in [0, 0.05) is 48.7 Å². The van der Waals surface area contributed by atoms with Crippen LogP contribution in [0.25, 0.3) is 0 Å². The minimum atomic E-state index is -0.233. The highest BCUT2D eigenvalue weighted by Gasteiger charge is 2.17. The van der Waals surface area contributed by atoms with E-state index >= 15 is 0 Å². The summed E-state index contributed by atoms with van der Waals surface area (Å²) in [5.41, 5.74) is 8.24. The maximum Gasteiger partial charge on any atom is 0.255 e. The van der Waals surface area contributed by atoms with E-state index in [0.29, 0.717) is 29.0 Å². The molecule has 2 heterocycles. The molecule has 0 spiro atoms. The second-order valence-electron chi connectivity index (χ2n) is 12.9. The van der Waals surface area contributed by atoms with E-state index < -0.39 is 0 Å². The van der Waals surface area contributed by atoms with Gasteiger partial charge in [-0.1, -0.05) is 12.1 Å². The van der Waals surface area contributed by atoms with Crippen molar-refractivity contribution in [2.24, 2.45) is 0 Å². The van der Waals surface area contributed by atoms with Gasteiger partial charge in [-0.3, -0.25) is 9.59 Å². The fourth-order valence-corrected chi connectivity index (χ4v) is 6.46. The highest BCUT2D eigenvalue weighted by Crippen LogP contribution is 2.28. The van der Waals surface area contributed by atoms with Crippen molar-refractivity contribution in [3.05, 3.63) is 116 Å². The molecule has 2 amide bonds. The predicted octanol–water partition coefficient (Wildman–Crippen LogP) is 7.67. The number of hydrogen-bond donors (Lipinski definition) is 2. The van der Waals surface area contributed by atoms with Crippen molar-refractivity contribution >= 4 is 39.1 Å². The van der Waals surface area contributed by atoms with Crippen molar-refractivity contribution in [3.63, 3.8) is 0 Å². The Morgan fingerprint density at radius 1 is 0.780 bits per heavy atom. The van der Waals surface area contributed by atoms with Gasteiger partial charge >= 0.3 is 0 Å². The number of likely N-dealkylation sites (N-methyl/N-ethyl adjacent to an activating group) is 2. The first kappa shape index (κ1) is 36.6. The molecule has 0 saturated heterocycles. The van der Waals surface area contributed by atoms with Gasteiger partial charge in [-0.2, -0.15) is 5.26 Å². The highest BCUT2D eigenvalue weighted by molar-refractivity contribution is 9.10. The van der Waals surface area contributed by atoms with Gasteiger partial charge in [0.15, 0.2) is 0 Å². The molecule has 2 aliphatic heterocycles. The van der Waals surface area contributed by atoms with Crippen LogP contribution >= 0.6 is 15.9 Å². The molecule has 0 fully saturated rings. The van der Waals surface area contributed by atoms with Crippen molar-refractivity contribution in [2.75, 3.05) is 44.4 Å². The Kier molecular flexibility index (Phi) is 12.3. The number of fused-ring (bicyclic) bond motifs is 2. The molecule has 4 aromatic rings. The van der Waals surface area contributed by atoms with Crippen LogP contribution in [0.3, 0.4) is 0 Å². The maximum absolute atomic E-state index is 12.5. The van der Waals surface area contributed by atoms with Crippen molar-refractivity contribution in [1.29, 1.82) is 5.26 Å². The van der Waals surface area contributed by atoms with Crippen LogP contribution < -0.4 is 20.1 Å². The Morgan fingerprint density at radius 2 is 1.30 bits per heavy atom. The number of benzene rings is 4. The van der Waals surface area contributed by atoms with E-state index in [1.807, 2.05) is 45.0 Å². The molecule has 0 aromatic heterocycles. The fraction of sp³-hybridized carbons (Fsp3) is 0.325. The number of hydrogen-bond acceptors (Lipinski definition) is 7. The lowest BCUT2D eigenvalue weighted by molar-refractivity contribution is 0.101. The number of carbonyl (C=O) groups is 2. The number of rotatable bonds is 8. The first-order valence-corrected chi connectivity index (χ1v) is 17.7. The van der Waals surface area contributed by atoms with Gasteiger partial charge < -0.3 is 29.9 Å². The molecule has 0 bridgehead atoms. The number of ether oxygens (including phenoxy) is 2. The van der Waals surface area contributed by atoms with E-state index in [0.717, 1.165) is 60.6 Å². The third kappa shape index (κ3) is 9.51. The van der Waals surface area contributed by atoms with Crippen LogP contribution in [0.4, 0.5) is 11.4 Å². The Labute approximate surface area is 303 Å². The lowest BCUT2D eigenvalue weighted by Gasteiger charge is -2.25. The molecule has 0 saturated carbocycles. The number of nitrogens with one attached hydrogen (secondary N) is 2. The Hall–Kier alpha value is -4.69. The molecule has 9 nitrogen and oxygen atoms in total. The molecule has 0 atom stereocenters. The molecule has 0 aliphatic carbocycles.